The Labute approximate surface area is 146 Å². The van der Waals surface area contributed by atoms with Gasteiger partial charge in [0.2, 0.25) is 0 Å². The molecule has 0 aromatic heterocycles. The van der Waals surface area contributed by atoms with E-state index in [1.165, 1.54) is 7.11 Å². The first-order valence-electron chi connectivity index (χ1n) is 7.42. The number of halogens is 1. The molecule has 2 amide bonds. The molecule has 0 aliphatic rings. The largest absolute Gasteiger partial charge is 0.495 e. The molecule has 1 aromatic rings. The van der Waals surface area contributed by atoms with Crippen LogP contribution in [-0.4, -0.2) is 37.8 Å². The first-order chi connectivity index (χ1) is 11.3. The van der Waals surface area contributed by atoms with Crippen molar-refractivity contribution >= 4 is 35.3 Å². The Bertz CT molecular complexity index is 605. The van der Waals surface area contributed by atoms with Gasteiger partial charge < -0.3 is 20.2 Å². The fourth-order valence-electron chi connectivity index (χ4n) is 1.59. The molecule has 132 valence electrons. The molecule has 0 aliphatic carbocycles. The van der Waals surface area contributed by atoms with Gasteiger partial charge in [0.15, 0.2) is 6.61 Å². The summed E-state index contributed by atoms with van der Waals surface area (Å²) in [4.78, 5) is 28.1. The van der Waals surface area contributed by atoms with E-state index in [2.05, 4.69) is 15.8 Å². The zero-order valence-corrected chi connectivity index (χ0v) is 14.9. The highest BCUT2D eigenvalue weighted by Crippen LogP contribution is 2.27. The van der Waals surface area contributed by atoms with Crippen LogP contribution >= 0.6 is 11.6 Å². The van der Waals surface area contributed by atoms with E-state index in [9.17, 15) is 9.59 Å². The number of carbonyl (C=O) groups is 2. The lowest BCUT2D eigenvalue weighted by Crippen LogP contribution is -2.38. The van der Waals surface area contributed by atoms with Crippen LogP contribution in [0.5, 0.6) is 5.75 Å². The summed E-state index contributed by atoms with van der Waals surface area (Å²) >= 11 is 5.87. The summed E-state index contributed by atoms with van der Waals surface area (Å²) in [6, 6.07) is 4.85. The van der Waals surface area contributed by atoms with Crippen LogP contribution in [0.25, 0.3) is 0 Å². The number of nitrogens with zero attached hydrogens (tertiary/aromatic N) is 1. The van der Waals surface area contributed by atoms with E-state index in [0.717, 1.165) is 6.21 Å². The summed E-state index contributed by atoms with van der Waals surface area (Å²) in [6.45, 7) is 5.63. The third-order valence-corrected chi connectivity index (χ3v) is 3.48. The second kappa shape index (κ2) is 9.77. The number of methoxy groups -OCH3 is 1. The van der Waals surface area contributed by atoms with Crippen LogP contribution in [0.15, 0.2) is 23.4 Å². The lowest BCUT2D eigenvalue weighted by Gasteiger charge is -2.16. The third kappa shape index (κ3) is 6.87. The van der Waals surface area contributed by atoms with Gasteiger partial charge in [0.1, 0.15) is 12.0 Å². The summed E-state index contributed by atoms with van der Waals surface area (Å²) < 4.78 is 5.11. The predicted octanol–water partition coefficient (Wildman–Crippen LogP) is 2.45. The van der Waals surface area contributed by atoms with Crippen molar-refractivity contribution in [3.05, 3.63) is 23.2 Å². The van der Waals surface area contributed by atoms with Crippen LogP contribution in [0, 0.1) is 5.92 Å². The Kier molecular flexibility index (Phi) is 8.05. The molecule has 1 atom stereocenters. The molecule has 0 bridgehead atoms. The lowest BCUT2D eigenvalue weighted by molar-refractivity contribution is -0.126. The summed E-state index contributed by atoms with van der Waals surface area (Å²) in [6.07, 6.45) is 0.930. The SMILES string of the molecule is COc1ccc(Cl)cc1NC(=O)/C=N\OCC(=O)N[C@@H](C)C(C)C. The number of amides is 2. The maximum absolute atomic E-state index is 11.8. The van der Waals surface area contributed by atoms with Crippen molar-refractivity contribution in [2.75, 3.05) is 19.0 Å². The predicted molar refractivity (Wildman–Crippen MR) is 93.5 cm³/mol. The zero-order valence-electron chi connectivity index (χ0n) is 14.1. The van der Waals surface area contributed by atoms with E-state index in [4.69, 9.17) is 21.2 Å². The smallest absolute Gasteiger partial charge is 0.270 e. The summed E-state index contributed by atoms with van der Waals surface area (Å²) in [5.41, 5.74) is 0.407. The molecule has 0 unspecified atom stereocenters. The Morgan fingerprint density at radius 2 is 2.04 bits per heavy atom. The topological polar surface area (TPSA) is 89.0 Å². The van der Waals surface area contributed by atoms with Crippen LogP contribution < -0.4 is 15.4 Å². The van der Waals surface area contributed by atoms with Crippen molar-refractivity contribution in [3.63, 3.8) is 0 Å². The van der Waals surface area contributed by atoms with Gasteiger partial charge in [0, 0.05) is 11.1 Å². The number of ether oxygens (including phenoxy) is 1. The molecule has 24 heavy (non-hydrogen) atoms. The highest BCUT2D eigenvalue weighted by Gasteiger charge is 2.11. The Hall–Kier alpha value is -2.28. The molecule has 0 radical (unpaired) electrons. The molecule has 0 spiro atoms. The summed E-state index contributed by atoms with van der Waals surface area (Å²) in [5.74, 6) is -0.0585. The molecule has 0 aliphatic heterocycles. The summed E-state index contributed by atoms with van der Waals surface area (Å²) in [7, 11) is 1.48. The molecule has 0 fully saturated rings. The second-order valence-corrected chi connectivity index (χ2v) is 5.88. The van der Waals surface area contributed by atoms with Gasteiger partial charge in [0.25, 0.3) is 11.8 Å². The second-order valence-electron chi connectivity index (χ2n) is 5.44. The van der Waals surface area contributed by atoms with Crippen LogP contribution in [0.4, 0.5) is 5.69 Å². The Morgan fingerprint density at radius 3 is 2.67 bits per heavy atom. The van der Waals surface area contributed by atoms with Gasteiger partial charge in [0.05, 0.1) is 12.8 Å². The maximum Gasteiger partial charge on any atom is 0.270 e. The van der Waals surface area contributed by atoms with Crippen molar-refractivity contribution in [1.82, 2.24) is 5.32 Å². The average molecular weight is 356 g/mol. The maximum atomic E-state index is 11.8. The summed E-state index contributed by atoms with van der Waals surface area (Å²) in [5, 5.41) is 9.24. The van der Waals surface area contributed by atoms with Crippen molar-refractivity contribution in [2.24, 2.45) is 11.1 Å². The molecule has 7 nitrogen and oxygen atoms in total. The van der Waals surface area contributed by atoms with E-state index in [-0.39, 0.29) is 18.6 Å². The molecule has 0 saturated heterocycles. The van der Waals surface area contributed by atoms with Gasteiger partial charge >= 0.3 is 0 Å². The van der Waals surface area contributed by atoms with Crippen molar-refractivity contribution in [2.45, 2.75) is 26.8 Å². The normalized spacial score (nSPS) is 12.1. The van der Waals surface area contributed by atoms with Crippen LogP contribution in [0.3, 0.4) is 0 Å². The van der Waals surface area contributed by atoms with E-state index in [1.54, 1.807) is 18.2 Å². The average Bonchev–Trinajstić information content (AvgIpc) is 2.51. The Balaban J connectivity index is 2.44. The highest BCUT2D eigenvalue weighted by molar-refractivity contribution is 6.33. The molecule has 1 aromatic carbocycles. The number of nitrogens with one attached hydrogen (secondary N) is 2. The first kappa shape index (κ1) is 19.8. The van der Waals surface area contributed by atoms with Crippen molar-refractivity contribution < 1.29 is 19.2 Å². The molecule has 8 heteroatoms. The zero-order chi connectivity index (χ0) is 18.1. The van der Waals surface area contributed by atoms with Gasteiger partial charge in [-0.2, -0.15) is 0 Å². The molecule has 0 heterocycles. The van der Waals surface area contributed by atoms with E-state index < -0.39 is 5.91 Å². The lowest BCUT2D eigenvalue weighted by atomic mass is 10.1. The number of hydrogen-bond donors (Lipinski definition) is 2. The van der Waals surface area contributed by atoms with Crippen LogP contribution in [-0.2, 0) is 14.4 Å². The van der Waals surface area contributed by atoms with E-state index in [0.29, 0.717) is 22.4 Å². The minimum absolute atomic E-state index is 0.0312. The van der Waals surface area contributed by atoms with Crippen molar-refractivity contribution in [1.29, 1.82) is 0 Å². The number of carbonyl (C=O) groups excluding carboxylic acids is 2. The molecule has 1 rings (SSSR count). The molecule has 2 N–H and O–H groups in total. The molecular formula is C16H22ClN3O4. The third-order valence-electron chi connectivity index (χ3n) is 3.25. The highest BCUT2D eigenvalue weighted by atomic mass is 35.5. The number of oxime groups is 1. The minimum Gasteiger partial charge on any atom is -0.495 e. The van der Waals surface area contributed by atoms with Crippen molar-refractivity contribution in [3.8, 4) is 5.75 Å². The fraction of sp³-hybridized carbons (Fsp3) is 0.438. The quantitative estimate of drug-likeness (QED) is 0.553. The molecular weight excluding hydrogens is 334 g/mol. The number of anilines is 1. The Morgan fingerprint density at radius 1 is 1.33 bits per heavy atom. The minimum atomic E-state index is -0.536. The van der Waals surface area contributed by atoms with Crippen LogP contribution in [0.2, 0.25) is 5.02 Å². The molecule has 0 saturated carbocycles. The van der Waals surface area contributed by atoms with Gasteiger partial charge in [-0.3, -0.25) is 9.59 Å². The number of rotatable bonds is 8. The van der Waals surface area contributed by atoms with E-state index in [1.807, 2.05) is 20.8 Å². The first-order valence-corrected chi connectivity index (χ1v) is 7.80. The number of benzene rings is 1. The fourth-order valence-corrected chi connectivity index (χ4v) is 1.76. The van der Waals surface area contributed by atoms with Crippen LogP contribution in [0.1, 0.15) is 20.8 Å². The van der Waals surface area contributed by atoms with Gasteiger partial charge in [-0.25, -0.2) is 0 Å². The standard InChI is InChI=1S/C16H22ClN3O4/c1-10(2)11(3)19-16(22)9-24-18-8-15(21)20-13-7-12(17)5-6-14(13)23-4/h5-8,10-11H,9H2,1-4H3,(H,19,22)(H,20,21)/b18-8-/t11-/m0/s1. The van der Waals surface area contributed by atoms with Gasteiger partial charge in [-0.1, -0.05) is 30.6 Å². The number of hydrogen-bond acceptors (Lipinski definition) is 5. The van der Waals surface area contributed by atoms with Gasteiger partial charge in [-0.15, -0.1) is 0 Å². The monoisotopic (exact) mass is 355 g/mol. The van der Waals surface area contributed by atoms with Gasteiger partial charge in [-0.05, 0) is 31.0 Å². The van der Waals surface area contributed by atoms with E-state index >= 15 is 0 Å².